The van der Waals surface area contributed by atoms with E-state index < -0.39 is 11.8 Å². The number of hydrogen-bond donors (Lipinski definition) is 0. The van der Waals surface area contributed by atoms with E-state index in [2.05, 4.69) is 0 Å². The molecule has 5 rings (SSSR count). The van der Waals surface area contributed by atoms with Gasteiger partial charge in [0.1, 0.15) is 17.5 Å². The second-order valence-corrected chi connectivity index (χ2v) is 9.66. The van der Waals surface area contributed by atoms with Crippen LogP contribution in [0.3, 0.4) is 0 Å². The summed E-state index contributed by atoms with van der Waals surface area (Å²) in [5, 5.41) is 0. The van der Waals surface area contributed by atoms with Crippen LogP contribution < -0.4 is 4.74 Å². The highest BCUT2D eigenvalue weighted by atomic mass is 16.5. The van der Waals surface area contributed by atoms with Crippen LogP contribution in [0.4, 0.5) is 0 Å². The molecule has 1 saturated carbocycles. The number of rotatable bonds is 4. The molecule has 8 heteroatoms. The van der Waals surface area contributed by atoms with Gasteiger partial charge in [0, 0.05) is 50.5 Å². The minimum atomic E-state index is -0.854. The van der Waals surface area contributed by atoms with Crippen molar-refractivity contribution < 1.29 is 23.9 Å². The third-order valence-corrected chi connectivity index (χ3v) is 7.83. The third kappa shape index (κ3) is 3.98. The number of likely N-dealkylation sites (tertiary alicyclic amines) is 2. The highest BCUT2D eigenvalue weighted by Crippen LogP contribution is 2.40. The molecule has 3 amide bonds. The molecule has 33 heavy (non-hydrogen) atoms. The molecule has 8 nitrogen and oxygen atoms in total. The molecule has 1 atom stereocenters. The van der Waals surface area contributed by atoms with E-state index in [0.717, 1.165) is 45.2 Å². The largest absolute Gasteiger partial charge is 0.497 e. The van der Waals surface area contributed by atoms with Gasteiger partial charge in [-0.2, -0.15) is 0 Å². The first-order valence-electron chi connectivity index (χ1n) is 12.2. The number of ether oxygens (including phenoxy) is 2. The van der Waals surface area contributed by atoms with Crippen LogP contribution in [0.25, 0.3) is 0 Å². The topological polar surface area (TPSA) is 79.4 Å². The Hall–Kier alpha value is -2.61. The minimum Gasteiger partial charge on any atom is -0.497 e. The number of nitrogens with zero attached hydrogens (tertiary/aromatic N) is 3. The molecule has 4 aliphatic rings. The van der Waals surface area contributed by atoms with Gasteiger partial charge in [-0.15, -0.1) is 0 Å². The lowest BCUT2D eigenvalue weighted by atomic mass is 9.83. The molecule has 0 N–H and O–H groups in total. The normalized spacial score (nSPS) is 24.8. The van der Waals surface area contributed by atoms with Crippen molar-refractivity contribution >= 4 is 17.7 Å². The number of amides is 3. The Morgan fingerprint density at radius 3 is 2.12 bits per heavy atom. The Labute approximate surface area is 194 Å². The minimum absolute atomic E-state index is 0.0285. The smallest absolute Gasteiger partial charge is 0.256 e. The van der Waals surface area contributed by atoms with Gasteiger partial charge in [-0.3, -0.25) is 19.3 Å². The molecule has 1 aromatic rings. The summed E-state index contributed by atoms with van der Waals surface area (Å²) in [6.45, 7) is 2.76. The molecule has 0 radical (unpaired) electrons. The molecule has 0 bridgehead atoms. The zero-order valence-corrected chi connectivity index (χ0v) is 19.3. The van der Waals surface area contributed by atoms with E-state index >= 15 is 0 Å². The second-order valence-electron chi connectivity index (χ2n) is 9.66. The van der Waals surface area contributed by atoms with Gasteiger partial charge in [-0.1, -0.05) is 6.42 Å². The highest BCUT2D eigenvalue weighted by molar-refractivity contribution is 5.98. The van der Waals surface area contributed by atoms with Gasteiger partial charge < -0.3 is 19.3 Å². The molecule has 1 aromatic carbocycles. The SMILES string of the molecule is COc1ccc(C(=O)N2C(C(=O)N3CCCC3)COC23CCN(C(=O)C2CCC2)CC3)cc1. The van der Waals surface area contributed by atoms with Gasteiger partial charge in [0.15, 0.2) is 0 Å². The van der Waals surface area contributed by atoms with Gasteiger partial charge in [-0.25, -0.2) is 0 Å². The lowest BCUT2D eigenvalue weighted by Gasteiger charge is -2.45. The number of piperidine rings is 1. The van der Waals surface area contributed by atoms with E-state index in [9.17, 15) is 14.4 Å². The fourth-order valence-electron chi connectivity index (χ4n) is 5.57. The van der Waals surface area contributed by atoms with Crippen molar-refractivity contribution in [3.05, 3.63) is 29.8 Å². The van der Waals surface area contributed by atoms with Crippen molar-refractivity contribution in [2.45, 2.75) is 56.7 Å². The van der Waals surface area contributed by atoms with Crippen LogP contribution in [0, 0.1) is 5.92 Å². The predicted molar refractivity (Wildman–Crippen MR) is 121 cm³/mol. The second kappa shape index (κ2) is 8.97. The highest BCUT2D eigenvalue weighted by Gasteiger charge is 2.55. The number of benzene rings is 1. The van der Waals surface area contributed by atoms with Crippen LogP contribution in [0.15, 0.2) is 24.3 Å². The molecule has 1 unspecified atom stereocenters. The molecular weight excluding hydrogens is 422 g/mol. The molecule has 0 aromatic heterocycles. The molecule has 3 heterocycles. The third-order valence-electron chi connectivity index (χ3n) is 7.83. The average molecular weight is 456 g/mol. The Morgan fingerprint density at radius 1 is 0.909 bits per heavy atom. The number of methoxy groups -OCH3 is 1. The van der Waals surface area contributed by atoms with E-state index in [1.54, 1.807) is 36.3 Å². The summed E-state index contributed by atoms with van der Waals surface area (Å²) in [5.41, 5.74) is -0.346. The van der Waals surface area contributed by atoms with E-state index in [4.69, 9.17) is 9.47 Å². The Morgan fingerprint density at radius 2 is 1.55 bits per heavy atom. The van der Waals surface area contributed by atoms with Gasteiger partial charge in [0.25, 0.3) is 5.91 Å². The predicted octanol–water partition coefficient (Wildman–Crippen LogP) is 2.28. The molecule has 178 valence electrons. The maximum absolute atomic E-state index is 13.8. The van der Waals surface area contributed by atoms with E-state index in [0.29, 0.717) is 37.2 Å². The van der Waals surface area contributed by atoms with Gasteiger partial charge in [0.2, 0.25) is 11.8 Å². The van der Waals surface area contributed by atoms with Crippen LogP contribution >= 0.6 is 0 Å². The molecule has 3 aliphatic heterocycles. The number of hydrogen-bond acceptors (Lipinski definition) is 5. The summed E-state index contributed by atoms with van der Waals surface area (Å²) >= 11 is 0. The van der Waals surface area contributed by atoms with Crippen LogP contribution in [0.1, 0.15) is 55.3 Å². The van der Waals surface area contributed by atoms with E-state index in [-0.39, 0.29) is 30.2 Å². The summed E-state index contributed by atoms with van der Waals surface area (Å²) in [6, 6.07) is 6.36. The van der Waals surface area contributed by atoms with Crippen molar-refractivity contribution in [3.8, 4) is 5.75 Å². The van der Waals surface area contributed by atoms with Crippen molar-refractivity contribution in [2.75, 3.05) is 39.9 Å². The van der Waals surface area contributed by atoms with Crippen LogP contribution in [0.5, 0.6) is 5.75 Å². The van der Waals surface area contributed by atoms with Gasteiger partial charge in [-0.05, 0) is 49.9 Å². The van der Waals surface area contributed by atoms with Gasteiger partial charge in [0.05, 0.1) is 13.7 Å². The lowest BCUT2D eigenvalue weighted by molar-refractivity contribution is -0.150. The molecular formula is C25H33N3O5. The van der Waals surface area contributed by atoms with Crippen molar-refractivity contribution in [3.63, 3.8) is 0 Å². The fourth-order valence-corrected chi connectivity index (χ4v) is 5.57. The number of carbonyl (C=O) groups is 3. The molecule has 1 spiro atoms. The van der Waals surface area contributed by atoms with E-state index in [1.807, 2.05) is 9.80 Å². The number of carbonyl (C=O) groups excluding carboxylic acids is 3. The standard InChI is InChI=1S/C25H33N3O5/c1-32-20-9-7-19(8-10-20)23(30)28-21(24(31)26-13-2-3-14-26)17-33-25(28)11-15-27(16-12-25)22(29)18-5-4-6-18/h7-10,18,21H,2-6,11-17H2,1H3. The monoisotopic (exact) mass is 455 g/mol. The first-order valence-corrected chi connectivity index (χ1v) is 12.2. The summed E-state index contributed by atoms with van der Waals surface area (Å²) in [7, 11) is 1.59. The first kappa shape index (κ1) is 22.2. The Bertz CT molecular complexity index is 899. The maximum Gasteiger partial charge on any atom is 0.256 e. The summed E-state index contributed by atoms with van der Waals surface area (Å²) in [5.74, 6) is 0.828. The Kier molecular flexibility index (Phi) is 6.03. The lowest BCUT2D eigenvalue weighted by Crippen LogP contribution is -2.60. The average Bonchev–Trinajstić information content (AvgIpc) is 3.46. The van der Waals surface area contributed by atoms with Gasteiger partial charge >= 0.3 is 0 Å². The summed E-state index contributed by atoms with van der Waals surface area (Å²) in [6.07, 6.45) is 6.12. The summed E-state index contributed by atoms with van der Waals surface area (Å²) in [4.78, 5) is 45.4. The molecule has 4 fully saturated rings. The van der Waals surface area contributed by atoms with Crippen molar-refractivity contribution in [2.24, 2.45) is 5.92 Å². The quantitative estimate of drug-likeness (QED) is 0.696. The maximum atomic E-state index is 13.8. The summed E-state index contributed by atoms with van der Waals surface area (Å²) < 4.78 is 11.5. The zero-order valence-electron chi connectivity index (χ0n) is 19.3. The first-order chi connectivity index (χ1) is 16.0. The van der Waals surface area contributed by atoms with Crippen LogP contribution in [-0.2, 0) is 14.3 Å². The zero-order chi connectivity index (χ0) is 23.0. The Balaban J connectivity index is 1.39. The molecule has 3 saturated heterocycles. The fraction of sp³-hybridized carbons (Fsp3) is 0.640. The molecule has 1 aliphatic carbocycles. The van der Waals surface area contributed by atoms with E-state index in [1.165, 1.54) is 0 Å². The van der Waals surface area contributed by atoms with Crippen molar-refractivity contribution in [1.82, 2.24) is 14.7 Å². The van der Waals surface area contributed by atoms with Crippen molar-refractivity contribution in [1.29, 1.82) is 0 Å². The van der Waals surface area contributed by atoms with Crippen LogP contribution in [0.2, 0.25) is 0 Å². The van der Waals surface area contributed by atoms with Crippen LogP contribution in [-0.4, -0.2) is 84.1 Å².